The van der Waals surface area contributed by atoms with Crippen LogP contribution in [0.3, 0.4) is 0 Å². The Labute approximate surface area is 79.7 Å². The summed E-state index contributed by atoms with van der Waals surface area (Å²) in [5.74, 6) is 0. The molecule has 0 aromatic heterocycles. The van der Waals surface area contributed by atoms with Crippen molar-refractivity contribution < 1.29 is 9.47 Å². The molecule has 0 rings (SSSR count). The fourth-order valence-corrected chi connectivity index (χ4v) is 2.55. The van der Waals surface area contributed by atoms with Crippen LogP contribution in [-0.4, -0.2) is 47.4 Å². The SMILES string of the molecule is CCOCC[Te]CCOCC. The first-order chi connectivity index (χ1) is 5.41. The summed E-state index contributed by atoms with van der Waals surface area (Å²) in [5.41, 5.74) is 0. The monoisotopic (exact) mass is 276 g/mol. The van der Waals surface area contributed by atoms with Crippen molar-refractivity contribution in [2.45, 2.75) is 22.8 Å². The second-order valence-electron chi connectivity index (χ2n) is 2.01. The van der Waals surface area contributed by atoms with Gasteiger partial charge in [0.1, 0.15) is 0 Å². The minimum absolute atomic E-state index is 0.191. The molecule has 0 aromatic rings. The molecule has 0 heterocycles. The van der Waals surface area contributed by atoms with Crippen molar-refractivity contribution in [3.8, 4) is 0 Å². The van der Waals surface area contributed by atoms with Crippen molar-refractivity contribution in [2.75, 3.05) is 26.4 Å². The van der Waals surface area contributed by atoms with Gasteiger partial charge in [-0.25, -0.2) is 0 Å². The molecule has 0 N–H and O–H groups in total. The van der Waals surface area contributed by atoms with Crippen molar-refractivity contribution in [2.24, 2.45) is 0 Å². The molecule has 0 atom stereocenters. The summed E-state index contributed by atoms with van der Waals surface area (Å²) in [4.78, 5) is 0. The summed E-state index contributed by atoms with van der Waals surface area (Å²) < 4.78 is 13.1. The number of hydrogen-bond acceptors (Lipinski definition) is 2. The third-order valence-corrected chi connectivity index (χ3v) is 3.75. The van der Waals surface area contributed by atoms with Crippen LogP contribution >= 0.6 is 0 Å². The molecule has 3 heteroatoms. The Hall–Kier alpha value is 0.710. The Morgan fingerprint density at radius 2 is 1.36 bits per heavy atom. The Morgan fingerprint density at radius 1 is 0.909 bits per heavy atom. The Bertz CT molecular complexity index is 61.1. The van der Waals surface area contributed by atoms with Crippen LogP contribution in [0, 0.1) is 0 Å². The molecule has 68 valence electrons. The van der Waals surface area contributed by atoms with E-state index in [1.165, 1.54) is 8.94 Å². The van der Waals surface area contributed by atoms with E-state index in [4.69, 9.17) is 9.47 Å². The van der Waals surface area contributed by atoms with E-state index in [1.54, 1.807) is 0 Å². The van der Waals surface area contributed by atoms with Crippen LogP contribution in [0.4, 0.5) is 0 Å². The van der Waals surface area contributed by atoms with Gasteiger partial charge < -0.3 is 0 Å². The van der Waals surface area contributed by atoms with Crippen LogP contribution in [0.25, 0.3) is 0 Å². The quantitative estimate of drug-likeness (QED) is 0.494. The Kier molecular flexibility index (Phi) is 11.4. The van der Waals surface area contributed by atoms with E-state index in [-0.39, 0.29) is 20.9 Å². The molecule has 0 fully saturated rings. The first-order valence-corrected chi connectivity index (χ1v) is 7.44. The molecule has 0 amide bonds. The van der Waals surface area contributed by atoms with Crippen molar-refractivity contribution in [3.05, 3.63) is 0 Å². The summed E-state index contributed by atoms with van der Waals surface area (Å²) in [6.07, 6.45) is 0. The van der Waals surface area contributed by atoms with Crippen molar-refractivity contribution in [1.29, 1.82) is 0 Å². The second kappa shape index (κ2) is 10.7. The van der Waals surface area contributed by atoms with Crippen molar-refractivity contribution in [3.63, 3.8) is 0 Å². The maximum atomic E-state index is 5.23. The molecule has 0 saturated carbocycles. The topological polar surface area (TPSA) is 18.5 Å². The molecular weight excluding hydrogens is 256 g/mol. The van der Waals surface area contributed by atoms with Crippen molar-refractivity contribution in [1.82, 2.24) is 0 Å². The second-order valence-corrected chi connectivity index (χ2v) is 5.50. The van der Waals surface area contributed by atoms with Crippen molar-refractivity contribution >= 4 is 20.9 Å². The molecule has 0 aromatic carbocycles. The average molecular weight is 274 g/mol. The molecule has 0 saturated heterocycles. The fraction of sp³-hybridized carbons (Fsp3) is 1.00. The summed E-state index contributed by atoms with van der Waals surface area (Å²) in [6, 6.07) is 0. The standard InChI is InChI=1S/C8H18O2Te/c1-3-9-5-7-11-8-6-10-4-2/h3-8H2,1-2H3. The number of ether oxygens (including phenoxy) is 2. The van der Waals surface area contributed by atoms with Crippen LogP contribution in [0.1, 0.15) is 13.8 Å². The summed E-state index contributed by atoms with van der Waals surface area (Å²) in [6.45, 7) is 7.73. The van der Waals surface area contributed by atoms with Crippen LogP contribution in [0.5, 0.6) is 0 Å². The Morgan fingerprint density at radius 3 is 1.73 bits per heavy atom. The van der Waals surface area contributed by atoms with Gasteiger partial charge in [0.15, 0.2) is 0 Å². The molecule has 2 nitrogen and oxygen atoms in total. The van der Waals surface area contributed by atoms with E-state index in [0.29, 0.717) is 0 Å². The van der Waals surface area contributed by atoms with Crippen LogP contribution in [0.15, 0.2) is 0 Å². The molecule has 0 spiro atoms. The zero-order valence-electron chi connectivity index (χ0n) is 7.47. The molecule has 0 aliphatic heterocycles. The van der Waals surface area contributed by atoms with Gasteiger partial charge in [0.25, 0.3) is 0 Å². The van der Waals surface area contributed by atoms with Crippen LogP contribution < -0.4 is 0 Å². The third kappa shape index (κ3) is 10.7. The van der Waals surface area contributed by atoms with E-state index >= 15 is 0 Å². The van der Waals surface area contributed by atoms with Gasteiger partial charge in [-0.2, -0.15) is 0 Å². The van der Waals surface area contributed by atoms with Gasteiger partial charge >= 0.3 is 79.6 Å². The predicted molar refractivity (Wildman–Crippen MR) is 48.4 cm³/mol. The maximum absolute atomic E-state index is 5.23. The van der Waals surface area contributed by atoms with E-state index in [1.807, 2.05) is 13.8 Å². The molecule has 0 radical (unpaired) electrons. The van der Waals surface area contributed by atoms with Crippen LogP contribution in [-0.2, 0) is 9.47 Å². The first-order valence-electron chi connectivity index (χ1n) is 4.15. The van der Waals surface area contributed by atoms with E-state index < -0.39 is 0 Å². The number of hydrogen-bond donors (Lipinski definition) is 0. The zero-order chi connectivity index (χ0) is 8.36. The summed E-state index contributed by atoms with van der Waals surface area (Å²) in [7, 11) is 0. The van der Waals surface area contributed by atoms with Gasteiger partial charge in [0.05, 0.1) is 0 Å². The van der Waals surface area contributed by atoms with Gasteiger partial charge in [0, 0.05) is 0 Å². The van der Waals surface area contributed by atoms with Gasteiger partial charge in [-0.1, -0.05) is 0 Å². The minimum atomic E-state index is 0.191. The summed E-state index contributed by atoms with van der Waals surface area (Å²) in [5, 5.41) is 0. The molecule has 11 heavy (non-hydrogen) atoms. The number of rotatable bonds is 8. The summed E-state index contributed by atoms with van der Waals surface area (Å²) >= 11 is 0.191. The molecule has 0 unspecified atom stereocenters. The average Bonchev–Trinajstić information content (AvgIpc) is 2.03. The van der Waals surface area contributed by atoms with Gasteiger partial charge in [-0.3, -0.25) is 0 Å². The van der Waals surface area contributed by atoms with Gasteiger partial charge in [-0.05, 0) is 0 Å². The first kappa shape index (κ1) is 11.7. The van der Waals surface area contributed by atoms with E-state index in [2.05, 4.69) is 0 Å². The van der Waals surface area contributed by atoms with Crippen LogP contribution in [0.2, 0.25) is 8.94 Å². The fourth-order valence-electron chi connectivity index (χ4n) is 0.626. The third-order valence-electron chi connectivity index (χ3n) is 1.15. The van der Waals surface area contributed by atoms with Gasteiger partial charge in [0.2, 0.25) is 0 Å². The molecule has 0 aliphatic rings. The molecule has 0 aliphatic carbocycles. The normalized spacial score (nSPS) is 10.4. The Balaban J connectivity index is 2.69. The molecule has 0 bridgehead atoms. The van der Waals surface area contributed by atoms with E-state index in [0.717, 1.165) is 26.4 Å². The van der Waals surface area contributed by atoms with E-state index in [9.17, 15) is 0 Å². The zero-order valence-corrected chi connectivity index (χ0v) is 9.80. The predicted octanol–water partition coefficient (Wildman–Crippen LogP) is 1.60. The van der Waals surface area contributed by atoms with Gasteiger partial charge in [-0.15, -0.1) is 0 Å². The molecular formula is C8H18O2Te.